The Morgan fingerprint density at radius 3 is 2.84 bits per heavy atom. The van der Waals surface area contributed by atoms with Gasteiger partial charge in [0.15, 0.2) is 5.13 Å². The summed E-state index contributed by atoms with van der Waals surface area (Å²) in [6.07, 6.45) is 4.87. The van der Waals surface area contributed by atoms with E-state index in [0.717, 1.165) is 29.3 Å². The third-order valence-corrected chi connectivity index (χ3v) is 7.64. The second-order valence-electron chi connectivity index (χ2n) is 7.46. The number of pyridine rings is 1. The summed E-state index contributed by atoms with van der Waals surface area (Å²) in [7, 11) is -1.91. The maximum atomic E-state index is 13.7. The SMILES string of the molecule is COc1ccc2sc(N(Cc3ccccn3)C(=O)C3CCCCN3S(C)(=O)=O)nc2c1. The summed E-state index contributed by atoms with van der Waals surface area (Å²) in [5, 5.41) is 0.512. The molecule has 0 aliphatic carbocycles. The highest BCUT2D eigenvalue weighted by molar-refractivity contribution is 7.88. The normalized spacial score (nSPS) is 17.5. The number of ether oxygens (including phenoxy) is 1. The van der Waals surface area contributed by atoms with Gasteiger partial charge in [0, 0.05) is 18.8 Å². The van der Waals surface area contributed by atoms with Crippen molar-refractivity contribution < 1.29 is 17.9 Å². The first-order valence-electron chi connectivity index (χ1n) is 9.99. The Hall–Kier alpha value is -2.56. The van der Waals surface area contributed by atoms with Crippen molar-refractivity contribution in [2.24, 2.45) is 0 Å². The van der Waals surface area contributed by atoms with Gasteiger partial charge in [0.1, 0.15) is 11.8 Å². The number of sulfonamides is 1. The van der Waals surface area contributed by atoms with Crippen LogP contribution >= 0.6 is 11.3 Å². The van der Waals surface area contributed by atoms with E-state index in [4.69, 9.17) is 4.74 Å². The molecule has 3 aromatic rings. The fourth-order valence-corrected chi connectivity index (χ4v) is 5.83. The van der Waals surface area contributed by atoms with Crippen LogP contribution in [0.1, 0.15) is 25.0 Å². The number of hydrogen-bond donors (Lipinski definition) is 0. The van der Waals surface area contributed by atoms with Crippen molar-refractivity contribution in [2.45, 2.75) is 31.8 Å². The number of amides is 1. The standard InChI is InChI=1S/C21H24N4O4S2/c1-29-16-9-10-19-17(13-16)23-21(30-19)24(14-15-7-3-5-11-22-15)20(26)18-8-4-6-12-25(18)31(2,27)28/h3,5,7,9-11,13,18H,4,6,8,12,14H2,1-2H3. The molecule has 1 amide bonds. The van der Waals surface area contributed by atoms with Crippen LogP contribution in [0.25, 0.3) is 10.2 Å². The monoisotopic (exact) mass is 460 g/mol. The lowest BCUT2D eigenvalue weighted by Gasteiger charge is -2.35. The first kappa shape index (κ1) is 21.7. The van der Waals surface area contributed by atoms with Gasteiger partial charge in [0.25, 0.3) is 0 Å². The summed E-state index contributed by atoms with van der Waals surface area (Å²) in [4.78, 5) is 24.3. The van der Waals surface area contributed by atoms with E-state index in [1.807, 2.05) is 36.4 Å². The fraction of sp³-hybridized carbons (Fsp3) is 0.381. The largest absolute Gasteiger partial charge is 0.497 e. The van der Waals surface area contributed by atoms with E-state index in [9.17, 15) is 13.2 Å². The second kappa shape index (κ2) is 8.89. The van der Waals surface area contributed by atoms with Crippen molar-refractivity contribution in [1.29, 1.82) is 0 Å². The van der Waals surface area contributed by atoms with Gasteiger partial charge in [0.2, 0.25) is 15.9 Å². The summed E-state index contributed by atoms with van der Waals surface area (Å²) < 4.78 is 32.2. The number of aromatic nitrogens is 2. The molecule has 0 N–H and O–H groups in total. The van der Waals surface area contributed by atoms with E-state index in [0.29, 0.717) is 29.5 Å². The average molecular weight is 461 g/mol. The van der Waals surface area contributed by atoms with Crippen molar-refractivity contribution in [3.8, 4) is 5.75 Å². The lowest BCUT2D eigenvalue weighted by molar-refractivity contribution is -0.123. The number of carbonyl (C=O) groups excluding carboxylic acids is 1. The van der Waals surface area contributed by atoms with Crippen LogP contribution in [0.3, 0.4) is 0 Å². The molecule has 1 aliphatic heterocycles. The number of thiazole rings is 1. The molecule has 1 atom stereocenters. The van der Waals surface area contributed by atoms with E-state index < -0.39 is 16.1 Å². The Morgan fingerprint density at radius 2 is 2.13 bits per heavy atom. The van der Waals surface area contributed by atoms with Crippen molar-refractivity contribution in [3.63, 3.8) is 0 Å². The van der Waals surface area contributed by atoms with Gasteiger partial charge in [-0.3, -0.25) is 14.7 Å². The van der Waals surface area contributed by atoms with Crippen LogP contribution in [0.4, 0.5) is 5.13 Å². The number of hydrogen-bond acceptors (Lipinski definition) is 7. The quantitative estimate of drug-likeness (QED) is 0.561. The summed E-state index contributed by atoms with van der Waals surface area (Å²) in [5.41, 5.74) is 1.43. The van der Waals surface area contributed by atoms with Crippen molar-refractivity contribution in [3.05, 3.63) is 48.3 Å². The zero-order chi connectivity index (χ0) is 22.0. The molecular formula is C21H24N4O4S2. The van der Waals surface area contributed by atoms with Gasteiger partial charge in [-0.2, -0.15) is 4.31 Å². The van der Waals surface area contributed by atoms with Crippen LogP contribution in [-0.4, -0.2) is 54.6 Å². The third kappa shape index (κ3) is 4.70. The maximum Gasteiger partial charge on any atom is 0.247 e. The zero-order valence-electron chi connectivity index (χ0n) is 17.4. The van der Waals surface area contributed by atoms with Crippen LogP contribution in [0.15, 0.2) is 42.6 Å². The minimum atomic E-state index is -3.51. The topological polar surface area (TPSA) is 92.7 Å². The van der Waals surface area contributed by atoms with Crippen molar-refractivity contribution >= 4 is 42.6 Å². The Kier molecular flexibility index (Phi) is 6.22. The first-order chi connectivity index (χ1) is 14.9. The molecule has 1 unspecified atom stereocenters. The van der Waals surface area contributed by atoms with E-state index in [1.54, 1.807) is 18.2 Å². The summed E-state index contributed by atoms with van der Waals surface area (Å²) in [6.45, 7) is 0.564. The molecule has 10 heteroatoms. The Balaban J connectivity index is 1.74. The molecule has 1 aromatic carbocycles. The minimum absolute atomic E-state index is 0.213. The molecule has 4 rings (SSSR count). The molecule has 0 spiro atoms. The molecule has 0 radical (unpaired) electrons. The molecule has 31 heavy (non-hydrogen) atoms. The van der Waals surface area contributed by atoms with E-state index in [1.165, 1.54) is 15.6 Å². The Bertz CT molecular complexity index is 1180. The average Bonchev–Trinajstić information content (AvgIpc) is 3.20. The van der Waals surface area contributed by atoms with Gasteiger partial charge in [0.05, 0.1) is 35.8 Å². The maximum absolute atomic E-state index is 13.7. The van der Waals surface area contributed by atoms with Gasteiger partial charge < -0.3 is 4.74 Å². The van der Waals surface area contributed by atoms with E-state index >= 15 is 0 Å². The number of piperidine rings is 1. The van der Waals surface area contributed by atoms with Crippen LogP contribution in [0, 0.1) is 0 Å². The van der Waals surface area contributed by atoms with Gasteiger partial charge >= 0.3 is 0 Å². The number of benzene rings is 1. The van der Waals surface area contributed by atoms with Crippen LogP contribution in [-0.2, 0) is 21.4 Å². The zero-order valence-corrected chi connectivity index (χ0v) is 19.0. The highest BCUT2D eigenvalue weighted by atomic mass is 32.2. The molecule has 1 aliphatic rings. The molecular weight excluding hydrogens is 436 g/mol. The van der Waals surface area contributed by atoms with Gasteiger partial charge in [-0.1, -0.05) is 23.8 Å². The van der Waals surface area contributed by atoms with Crippen molar-refractivity contribution in [1.82, 2.24) is 14.3 Å². The number of fused-ring (bicyclic) bond motifs is 1. The molecule has 0 saturated carbocycles. The number of rotatable bonds is 6. The summed E-state index contributed by atoms with van der Waals surface area (Å²) in [6, 6.07) is 10.3. The minimum Gasteiger partial charge on any atom is -0.497 e. The van der Waals surface area contributed by atoms with Gasteiger partial charge in [-0.15, -0.1) is 0 Å². The number of carbonyl (C=O) groups is 1. The Morgan fingerprint density at radius 1 is 1.29 bits per heavy atom. The third-order valence-electron chi connectivity index (χ3n) is 5.29. The summed E-state index contributed by atoms with van der Waals surface area (Å²) >= 11 is 1.39. The first-order valence-corrected chi connectivity index (χ1v) is 12.7. The van der Waals surface area contributed by atoms with E-state index in [-0.39, 0.29) is 12.5 Å². The van der Waals surface area contributed by atoms with Crippen molar-refractivity contribution in [2.75, 3.05) is 24.8 Å². The number of nitrogens with zero attached hydrogens (tertiary/aromatic N) is 4. The Labute approximate surface area is 185 Å². The number of anilines is 1. The molecule has 8 nitrogen and oxygen atoms in total. The highest BCUT2D eigenvalue weighted by Gasteiger charge is 2.38. The van der Waals surface area contributed by atoms with Gasteiger partial charge in [-0.05, 0) is 37.1 Å². The lowest BCUT2D eigenvalue weighted by atomic mass is 10.0. The lowest BCUT2D eigenvalue weighted by Crippen LogP contribution is -2.52. The van der Waals surface area contributed by atoms with Gasteiger partial charge in [-0.25, -0.2) is 13.4 Å². The highest BCUT2D eigenvalue weighted by Crippen LogP contribution is 2.33. The molecule has 1 saturated heterocycles. The number of methoxy groups -OCH3 is 1. The summed E-state index contributed by atoms with van der Waals surface area (Å²) in [5.74, 6) is 0.407. The molecule has 1 fully saturated rings. The van der Waals surface area contributed by atoms with Crippen LogP contribution in [0.2, 0.25) is 0 Å². The molecule has 3 heterocycles. The predicted molar refractivity (Wildman–Crippen MR) is 121 cm³/mol. The van der Waals surface area contributed by atoms with E-state index in [2.05, 4.69) is 9.97 Å². The fourth-order valence-electron chi connectivity index (χ4n) is 3.76. The smallest absolute Gasteiger partial charge is 0.247 e. The predicted octanol–water partition coefficient (Wildman–Crippen LogP) is 3.05. The molecule has 0 bridgehead atoms. The molecule has 164 valence electrons. The molecule has 2 aromatic heterocycles. The van der Waals surface area contributed by atoms with Crippen LogP contribution in [0.5, 0.6) is 5.75 Å². The van der Waals surface area contributed by atoms with Crippen LogP contribution < -0.4 is 9.64 Å². The second-order valence-corrected chi connectivity index (χ2v) is 10.4.